The van der Waals surface area contributed by atoms with Gasteiger partial charge >= 0.3 is 5.97 Å². The molecule has 1 aromatic carbocycles. The molecule has 0 aliphatic heterocycles. The van der Waals surface area contributed by atoms with Crippen LogP contribution in [0.15, 0.2) is 16.6 Å². The molecule has 0 amide bonds. The second kappa shape index (κ2) is 6.01. The molecule has 0 unspecified atom stereocenters. The Morgan fingerprint density at radius 3 is 2.59 bits per heavy atom. The quantitative estimate of drug-likeness (QED) is 0.623. The van der Waals surface area contributed by atoms with Gasteiger partial charge in [0.05, 0.1) is 6.61 Å². The molecule has 0 saturated carbocycles. The number of rotatable bonds is 3. The Balaban J connectivity index is 3.04. The van der Waals surface area contributed by atoms with E-state index in [2.05, 4.69) is 42.8 Å². The number of hydrogen-bond donors (Lipinski definition) is 0. The molecule has 0 heterocycles. The third-order valence-electron chi connectivity index (χ3n) is 2.79. The molecule has 0 aliphatic rings. The van der Waals surface area contributed by atoms with Crippen molar-refractivity contribution in [2.24, 2.45) is 0 Å². The van der Waals surface area contributed by atoms with Crippen molar-refractivity contribution < 1.29 is 9.53 Å². The normalized spacial score (nSPS) is 10.9. The van der Waals surface area contributed by atoms with Crippen LogP contribution in [0, 0.1) is 20.8 Å². The van der Waals surface area contributed by atoms with Gasteiger partial charge in [-0.25, -0.2) is 4.79 Å². The Labute approximate surface area is 111 Å². The molecule has 0 fully saturated rings. The number of carbonyl (C=O) groups excluding carboxylic acids is 1. The summed E-state index contributed by atoms with van der Waals surface area (Å²) in [6.45, 7) is 8.41. The number of benzene rings is 1. The minimum atomic E-state index is -0.310. The highest BCUT2D eigenvalue weighted by molar-refractivity contribution is 9.10. The van der Waals surface area contributed by atoms with E-state index in [0.717, 1.165) is 10.0 Å². The van der Waals surface area contributed by atoms with Crippen LogP contribution in [0.5, 0.6) is 0 Å². The van der Waals surface area contributed by atoms with E-state index in [1.54, 1.807) is 13.0 Å². The highest BCUT2D eigenvalue weighted by Gasteiger charge is 2.06. The second-order valence-electron chi connectivity index (χ2n) is 3.93. The number of esters is 1. The van der Waals surface area contributed by atoms with Crippen LogP contribution < -0.4 is 0 Å². The van der Waals surface area contributed by atoms with Gasteiger partial charge in [0.2, 0.25) is 0 Å². The Morgan fingerprint density at radius 1 is 1.35 bits per heavy atom. The van der Waals surface area contributed by atoms with E-state index in [4.69, 9.17) is 4.74 Å². The van der Waals surface area contributed by atoms with Crippen molar-refractivity contribution >= 4 is 28.0 Å². The summed E-state index contributed by atoms with van der Waals surface area (Å²) < 4.78 is 5.88. The molecule has 92 valence electrons. The van der Waals surface area contributed by atoms with Gasteiger partial charge < -0.3 is 4.74 Å². The summed E-state index contributed by atoms with van der Waals surface area (Å²) in [7, 11) is 0. The third kappa shape index (κ3) is 3.43. The van der Waals surface area contributed by atoms with Gasteiger partial charge in [-0.05, 0) is 72.0 Å². The SMILES string of the molecule is CCOC(=O)/C=C/c1cc(C)c(C)c(C)c1Br. The molecule has 17 heavy (non-hydrogen) atoms. The van der Waals surface area contributed by atoms with Crippen molar-refractivity contribution in [3.8, 4) is 0 Å². The van der Waals surface area contributed by atoms with E-state index in [0.29, 0.717) is 6.61 Å². The molecule has 1 rings (SSSR count). The first-order valence-electron chi connectivity index (χ1n) is 5.58. The number of hydrogen-bond acceptors (Lipinski definition) is 2. The predicted molar refractivity (Wildman–Crippen MR) is 74.0 cm³/mol. The molecule has 0 spiro atoms. The van der Waals surface area contributed by atoms with Gasteiger partial charge in [-0.3, -0.25) is 0 Å². The zero-order valence-electron chi connectivity index (χ0n) is 10.6. The van der Waals surface area contributed by atoms with E-state index in [-0.39, 0.29) is 5.97 Å². The zero-order chi connectivity index (χ0) is 13.0. The topological polar surface area (TPSA) is 26.3 Å². The molecule has 0 aromatic heterocycles. The Hall–Kier alpha value is -1.09. The highest BCUT2D eigenvalue weighted by atomic mass is 79.9. The molecule has 0 bridgehead atoms. The first-order valence-corrected chi connectivity index (χ1v) is 6.37. The standard InChI is InChI=1S/C14H17BrO2/c1-5-17-13(16)7-6-12-8-9(2)10(3)11(4)14(12)15/h6-8H,5H2,1-4H3/b7-6+. The van der Waals surface area contributed by atoms with E-state index >= 15 is 0 Å². The summed E-state index contributed by atoms with van der Waals surface area (Å²) in [5.74, 6) is -0.310. The lowest BCUT2D eigenvalue weighted by atomic mass is 10.0. The van der Waals surface area contributed by atoms with Crippen molar-refractivity contribution in [1.82, 2.24) is 0 Å². The van der Waals surface area contributed by atoms with Crippen LogP contribution >= 0.6 is 15.9 Å². The zero-order valence-corrected chi connectivity index (χ0v) is 12.2. The van der Waals surface area contributed by atoms with Crippen molar-refractivity contribution in [1.29, 1.82) is 0 Å². The smallest absolute Gasteiger partial charge is 0.330 e. The number of ether oxygens (including phenoxy) is 1. The molecule has 0 radical (unpaired) electrons. The van der Waals surface area contributed by atoms with Gasteiger partial charge in [0.15, 0.2) is 0 Å². The van der Waals surface area contributed by atoms with E-state index in [9.17, 15) is 4.79 Å². The van der Waals surface area contributed by atoms with Crippen LogP contribution in [0.3, 0.4) is 0 Å². The fraction of sp³-hybridized carbons (Fsp3) is 0.357. The lowest BCUT2D eigenvalue weighted by Gasteiger charge is -2.10. The van der Waals surface area contributed by atoms with Crippen LogP contribution in [0.1, 0.15) is 29.2 Å². The summed E-state index contributed by atoms with van der Waals surface area (Å²) >= 11 is 3.55. The average Bonchev–Trinajstić information content (AvgIpc) is 2.30. The first kappa shape index (κ1) is 14.0. The summed E-state index contributed by atoms with van der Waals surface area (Å²) in [6, 6.07) is 2.06. The fourth-order valence-corrected chi connectivity index (χ4v) is 2.10. The third-order valence-corrected chi connectivity index (χ3v) is 3.85. The predicted octanol–water partition coefficient (Wildman–Crippen LogP) is 3.95. The number of halogens is 1. The van der Waals surface area contributed by atoms with Gasteiger partial charge in [0.1, 0.15) is 0 Å². The van der Waals surface area contributed by atoms with Crippen molar-refractivity contribution in [2.75, 3.05) is 6.61 Å². The molecule has 0 saturated heterocycles. The van der Waals surface area contributed by atoms with Crippen molar-refractivity contribution in [2.45, 2.75) is 27.7 Å². The maximum Gasteiger partial charge on any atom is 0.330 e. The highest BCUT2D eigenvalue weighted by Crippen LogP contribution is 2.27. The molecule has 3 heteroatoms. The lowest BCUT2D eigenvalue weighted by Crippen LogP contribution is -1.99. The Morgan fingerprint density at radius 2 is 2.00 bits per heavy atom. The summed E-state index contributed by atoms with van der Waals surface area (Å²) in [5, 5.41) is 0. The van der Waals surface area contributed by atoms with Crippen molar-refractivity contribution in [3.05, 3.63) is 38.9 Å². The molecule has 1 aromatic rings. The summed E-state index contributed by atoms with van der Waals surface area (Å²) in [5.41, 5.74) is 4.69. The minimum absolute atomic E-state index is 0.310. The van der Waals surface area contributed by atoms with Gasteiger partial charge in [-0.15, -0.1) is 0 Å². The van der Waals surface area contributed by atoms with Gasteiger partial charge in [-0.1, -0.05) is 6.07 Å². The fourth-order valence-electron chi connectivity index (χ4n) is 1.55. The minimum Gasteiger partial charge on any atom is -0.463 e. The lowest BCUT2D eigenvalue weighted by molar-refractivity contribution is -0.137. The maximum atomic E-state index is 11.2. The van der Waals surface area contributed by atoms with Crippen LogP contribution in [-0.4, -0.2) is 12.6 Å². The van der Waals surface area contributed by atoms with Gasteiger partial charge in [-0.2, -0.15) is 0 Å². The molecular weight excluding hydrogens is 280 g/mol. The van der Waals surface area contributed by atoms with Gasteiger partial charge in [0.25, 0.3) is 0 Å². The Bertz CT molecular complexity index is 462. The molecule has 2 nitrogen and oxygen atoms in total. The Kier molecular flexibility index (Phi) is 4.94. The van der Waals surface area contributed by atoms with Crippen LogP contribution in [0.25, 0.3) is 6.08 Å². The monoisotopic (exact) mass is 296 g/mol. The summed E-state index contributed by atoms with van der Waals surface area (Å²) in [6.07, 6.45) is 3.24. The van der Waals surface area contributed by atoms with Crippen LogP contribution in [0.4, 0.5) is 0 Å². The summed E-state index contributed by atoms with van der Waals surface area (Å²) in [4.78, 5) is 11.2. The first-order chi connectivity index (χ1) is 7.97. The number of carbonyl (C=O) groups is 1. The maximum absolute atomic E-state index is 11.2. The van der Waals surface area contributed by atoms with E-state index < -0.39 is 0 Å². The molecule has 0 N–H and O–H groups in total. The van der Waals surface area contributed by atoms with E-state index in [1.807, 2.05) is 0 Å². The molecule has 0 aliphatic carbocycles. The molecule has 0 atom stereocenters. The van der Waals surface area contributed by atoms with E-state index in [1.165, 1.54) is 22.8 Å². The largest absolute Gasteiger partial charge is 0.463 e. The van der Waals surface area contributed by atoms with Crippen LogP contribution in [-0.2, 0) is 9.53 Å². The van der Waals surface area contributed by atoms with Gasteiger partial charge in [0, 0.05) is 10.5 Å². The second-order valence-corrected chi connectivity index (χ2v) is 4.73. The van der Waals surface area contributed by atoms with Crippen molar-refractivity contribution in [3.63, 3.8) is 0 Å². The number of aryl methyl sites for hydroxylation is 1. The van der Waals surface area contributed by atoms with Crippen LogP contribution in [0.2, 0.25) is 0 Å². The average molecular weight is 297 g/mol. The molecular formula is C14H17BrO2.